The molecule has 2 amide bonds. The van der Waals surface area contributed by atoms with Gasteiger partial charge in [0.05, 0.1) is 11.7 Å². The summed E-state index contributed by atoms with van der Waals surface area (Å²) < 4.78 is 0. The Hall–Kier alpha value is -1.81. The summed E-state index contributed by atoms with van der Waals surface area (Å²) in [5.74, 6) is 0.449. The third-order valence-electron chi connectivity index (χ3n) is 7.14. The largest absolute Gasteiger partial charge is 0.465 e. The van der Waals surface area contributed by atoms with Crippen molar-refractivity contribution in [2.45, 2.75) is 75.5 Å². The Balaban J connectivity index is 1.66. The van der Waals surface area contributed by atoms with Crippen molar-refractivity contribution < 1.29 is 19.8 Å². The van der Waals surface area contributed by atoms with E-state index in [2.05, 4.69) is 11.4 Å². The predicted molar refractivity (Wildman–Crippen MR) is 92.0 cm³/mol. The van der Waals surface area contributed by atoms with Crippen LogP contribution < -0.4 is 5.32 Å². The number of carbonyl (C=O) groups excluding carboxylic acids is 1. The van der Waals surface area contributed by atoms with Crippen molar-refractivity contribution >= 4 is 12.0 Å². The normalized spacial score (nSPS) is 42.2. The molecule has 142 valence electrons. The van der Waals surface area contributed by atoms with E-state index >= 15 is 0 Å². The van der Waals surface area contributed by atoms with E-state index in [0.29, 0.717) is 31.2 Å². The van der Waals surface area contributed by atoms with Crippen LogP contribution in [0.1, 0.15) is 57.8 Å². The monoisotopic (exact) mass is 361 g/mol. The lowest BCUT2D eigenvalue weighted by atomic mass is 9.46. The van der Waals surface area contributed by atoms with Gasteiger partial charge in [-0.3, -0.25) is 4.79 Å². The molecular weight excluding hydrogens is 334 g/mol. The third-order valence-corrected chi connectivity index (χ3v) is 7.14. The number of hydrogen-bond acceptors (Lipinski definition) is 4. The van der Waals surface area contributed by atoms with Crippen molar-refractivity contribution in [1.82, 2.24) is 10.2 Å². The van der Waals surface area contributed by atoms with Gasteiger partial charge in [-0.2, -0.15) is 5.26 Å². The zero-order valence-electron chi connectivity index (χ0n) is 15.0. The lowest BCUT2D eigenvalue weighted by Crippen LogP contribution is -2.66. The number of carbonyl (C=O) groups is 2. The third kappa shape index (κ3) is 2.84. The number of nitrogens with zero attached hydrogens (tertiary/aromatic N) is 2. The fraction of sp³-hybridized carbons (Fsp3) is 0.842. The van der Waals surface area contributed by atoms with Gasteiger partial charge in [-0.25, -0.2) is 4.79 Å². The van der Waals surface area contributed by atoms with Crippen LogP contribution in [-0.2, 0) is 4.79 Å². The summed E-state index contributed by atoms with van der Waals surface area (Å²) in [5, 5.41) is 32.3. The summed E-state index contributed by atoms with van der Waals surface area (Å²) in [6.07, 6.45) is 5.84. The molecule has 0 aromatic carbocycles. The molecule has 2 unspecified atom stereocenters. The van der Waals surface area contributed by atoms with Crippen LogP contribution in [0.15, 0.2) is 0 Å². The van der Waals surface area contributed by atoms with Crippen molar-refractivity contribution in [3.8, 4) is 6.07 Å². The van der Waals surface area contributed by atoms with Gasteiger partial charge in [-0.15, -0.1) is 0 Å². The molecule has 6 atom stereocenters. The molecule has 3 N–H and O–H groups in total. The molecule has 7 heteroatoms. The van der Waals surface area contributed by atoms with Gasteiger partial charge in [0.1, 0.15) is 12.1 Å². The van der Waals surface area contributed by atoms with Crippen LogP contribution >= 0.6 is 0 Å². The first-order valence-corrected chi connectivity index (χ1v) is 9.76. The van der Waals surface area contributed by atoms with Gasteiger partial charge in [-0.05, 0) is 69.6 Å². The highest BCUT2D eigenvalue weighted by Gasteiger charge is 2.61. The summed E-state index contributed by atoms with van der Waals surface area (Å²) in [5.41, 5.74) is -1.29. The molecule has 0 spiro atoms. The number of nitriles is 1. The second-order valence-corrected chi connectivity index (χ2v) is 9.10. The number of likely N-dealkylation sites (tertiary alicyclic amines) is 1. The summed E-state index contributed by atoms with van der Waals surface area (Å²) >= 11 is 0. The number of nitrogens with one attached hydrogen (secondary N) is 1. The average molecular weight is 361 g/mol. The fourth-order valence-electron chi connectivity index (χ4n) is 6.72. The predicted octanol–water partition coefficient (Wildman–Crippen LogP) is 1.86. The molecule has 1 aliphatic heterocycles. The van der Waals surface area contributed by atoms with E-state index in [1.54, 1.807) is 4.90 Å². The fourth-order valence-corrected chi connectivity index (χ4v) is 6.72. The highest BCUT2D eigenvalue weighted by molar-refractivity contribution is 5.87. The summed E-state index contributed by atoms with van der Waals surface area (Å²) in [6, 6.07) is 0.856. The second-order valence-electron chi connectivity index (χ2n) is 9.10. The molecule has 7 nitrogen and oxygen atoms in total. The summed E-state index contributed by atoms with van der Waals surface area (Å²) in [7, 11) is 0. The maximum Gasteiger partial charge on any atom is 0.405 e. The van der Waals surface area contributed by atoms with E-state index in [-0.39, 0.29) is 5.91 Å². The first kappa shape index (κ1) is 17.6. The highest BCUT2D eigenvalue weighted by Crippen LogP contribution is 2.63. The highest BCUT2D eigenvalue weighted by atomic mass is 16.4. The van der Waals surface area contributed by atoms with E-state index in [1.807, 2.05) is 0 Å². The maximum absolute atomic E-state index is 13.4. The molecular formula is C19H27N3O4. The molecule has 1 saturated heterocycles. The number of hydrogen-bond donors (Lipinski definition) is 3. The summed E-state index contributed by atoms with van der Waals surface area (Å²) in [6.45, 7) is 0.502. The van der Waals surface area contributed by atoms with Gasteiger partial charge in [-0.1, -0.05) is 0 Å². The van der Waals surface area contributed by atoms with Crippen molar-refractivity contribution in [1.29, 1.82) is 5.26 Å². The Morgan fingerprint density at radius 1 is 1.19 bits per heavy atom. The number of rotatable bonds is 3. The van der Waals surface area contributed by atoms with Gasteiger partial charge in [0.25, 0.3) is 0 Å². The topological polar surface area (TPSA) is 114 Å². The average Bonchev–Trinajstić information content (AvgIpc) is 2.56. The van der Waals surface area contributed by atoms with Crippen LogP contribution in [0.4, 0.5) is 4.79 Å². The van der Waals surface area contributed by atoms with Crippen LogP contribution in [0.3, 0.4) is 0 Å². The molecule has 0 aromatic rings. The molecule has 0 aromatic heterocycles. The number of aliphatic hydroxyl groups is 1. The SMILES string of the molecule is N#C[C@@H]1CCCCN1C(=O)[C@@H](NC(=O)O)C12C[C@@H]3C[C@@H](CC(O)(C3)C1)C2. The van der Waals surface area contributed by atoms with Gasteiger partial charge < -0.3 is 20.4 Å². The van der Waals surface area contributed by atoms with E-state index in [0.717, 1.165) is 44.9 Å². The minimum Gasteiger partial charge on any atom is -0.465 e. The van der Waals surface area contributed by atoms with E-state index in [4.69, 9.17) is 0 Å². The first-order chi connectivity index (χ1) is 12.3. The smallest absolute Gasteiger partial charge is 0.405 e. The molecule has 4 bridgehead atoms. The van der Waals surface area contributed by atoms with Gasteiger partial charge in [0.15, 0.2) is 0 Å². The molecule has 0 radical (unpaired) electrons. The van der Waals surface area contributed by atoms with Crippen molar-refractivity contribution in [3.63, 3.8) is 0 Å². The van der Waals surface area contributed by atoms with Crippen LogP contribution in [0.25, 0.3) is 0 Å². The molecule has 5 fully saturated rings. The molecule has 26 heavy (non-hydrogen) atoms. The molecule has 1 heterocycles. The van der Waals surface area contributed by atoms with Crippen LogP contribution in [0, 0.1) is 28.6 Å². The van der Waals surface area contributed by atoms with Crippen molar-refractivity contribution in [2.24, 2.45) is 17.3 Å². The molecule has 4 aliphatic carbocycles. The molecule has 5 aliphatic rings. The van der Waals surface area contributed by atoms with Gasteiger partial charge in [0.2, 0.25) is 5.91 Å². The van der Waals surface area contributed by atoms with Crippen molar-refractivity contribution in [3.05, 3.63) is 0 Å². The van der Waals surface area contributed by atoms with E-state index < -0.39 is 29.2 Å². The van der Waals surface area contributed by atoms with Gasteiger partial charge >= 0.3 is 6.09 Å². The quantitative estimate of drug-likeness (QED) is 0.710. The Bertz CT molecular complexity index is 644. The Labute approximate surface area is 153 Å². The number of piperidine rings is 1. The standard InChI is InChI=1S/C19H27N3O4/c20-10-14-3-1-2-4-22(14)16(23)15(21-17(24)25)18-6-12-5-13(7-18)9-19(26,8-12)11-18/h12-15,21,26H,1-9,11H2,(H,24,25)/t12-,13+,14-,15+,18?,19?/m0/s1. The molecule has 4 saturated carbocycles. The summed E-state index contributed by atoms with van der Waals surface area (Å²) in [4.78, 5) is 26.5. The van der Waals surface area contributed by atoms with Crippen molar-refractivity contribution in [2.75, 3.05) is 6.54 Å². The Morgan fingerprint density at radius 3 is 2.46 bits per heavy atom. The lowest BCUT2D eigenvalue weighted by molar-refractivity contribution is -0.180. The van der Waals surface area contributed by atoms with Crippen LogP contribution in [-0.4, -0.2) is 51.3 Å². The number of amides is 2. The zero-order valence-corrected chi connectivity index (χ0v) is 15.0. The Morgan fingerprint density at radius 2 is 1.88 bits per heavy atom. The minimum absolute atomic E-state index is 0.274. The Kier molecular flexibility index (Phi) is 4.14. The lowest BCUT2D eigenvalue weighted by Gasteiger charge is -2.62. The van der Waals surface area contributed by atoms with Gasteiger partial charge in [0, 0.05) is 12.0 Å². The minimum atomic E-state index is -1.21. The first-order valence-electron chi connectivity index (χ1n) is 9.76. The van der Waals surface area contributed by atoms with E-state index in [1.165, 1.54) is 0 Å². The zero-order chi connectivity index (χ0) is 18.5. The maximum atomic E-state index is 13.4. The number of carboxylic acid groups (broad SMARTS) is 1. The molecule has 5 rings (SSSR count). The van der Waals surface area contributed by atoms with E-state index in [9.17, 15) is 25.1 Å². The second kappa shape index (κ2) is 6.12. The van der Waals surface area contributed by atoms with Crippen LogP contribution in [0.5, 0.6) is 0 Å². The van der Waals surface area contributed by atoms with Crippen LogP contribution in [0.2, 0.25) is 0 Å².